The summed E-state index contributed by atoms with van der Waals surface area (Å²) in [7, 11) is 0. The van der Waals surface area contributed by atoms with Crippen LogP contribution in [0.5, 0.6) is 0 Å². The monoisotopic (exact) mass is 427 g/mol. The Kier molecular flexibility index (Phi) is 5.51. The number of fused-ring (bicyclic) bond motifs is 1. The average molecular weight is 427 g/mol. The summed E-state index contributed by atoms with van der Waals surface area (Å²) in [5, 5.41) is 29.0. The standard InChI is InChI=1S/C22H22FN3O5/c23-15-8-4-7-14(9-15)16-10-26(25-24-16)19-20(28)17(11-27)30-18-12-29-22(31-21(18)19)13-5-2-1-3-6-13/h1-10,17-22,27-28H,11-12H2/t17-,18+,19+,20-,21-,22?/m0/s1. The Morgan fingerprint density at radius 1 is 1.10 bits per heavy atom. The number of hydrogen-bond acceptors (Lipinski definition) is 7. The molecule has 3 aromatic rings. The van der Waals surface area contributed by atoms with Crippen LogP contribution in [0.25, 0.3) is 11.3 Å². The summed E-state index contributed by atoms with van der Waals surface area (Å²) in [5.74, 6) is -0.378. The Morgan fingerprint density at radius 3 is 2.71 bits per heavy atom. The molecule has 8 nitrogen and oxygen atoms in total. The molecule has 5 rings (SSSR count). The summed E-state index contributed by atoms with van der Waals surface area (Å²) in [6.45, 7) is -0.135. The lowest BCUT2D eigenvalue weighted by molar-refractivity contribution is -0.319. The van der Waals surface area contributed by atoms with E-state index >= 15 is 0 Å². The maximum absolute atomic E-state index is 13.6. The van der Waals surface area contributed by atoms with Gasteiger partial charge in [0, 0.05) is 11.1 Å². The zero-order valence-electron chi connectivity index (χ0n) is 16.5. The fraction of sp³-hybridized carbons (Fsp3) is 0.364. The van der Waals surface area contributed by atoms with Crippen molar-refractivity contribution in [3.05, 3.63) is 72.2 Å². The van der Waals surface area contributed by atoms with Crippen molar-refractivity contribution in [2.45, 2.75) is 36.7 Å². The van der Waals surface area contributed by atoms with E-state index in [9.17, 15) is 14.6 Å². The molecule has 2 aliphatic rings. The first-order valence-corrected chi connectivity index (χ1v) is 10.1. The van der Waals surface area contributed by atoms with Gasteiger partial charge in [0.05, 0.1) is 19.4 Å². The molecule has 0 bridgehead atoms. The molecule has 0 spiro atoms. The summed E-state index contributed by atoms with van der Waals surface area (Å²) < 4.78 is 33.0. The van der Waals surface area contributed by atoms with Gasteiger partial charge in [-0.15, -0.1) is 5.10 Å². The lowest BCUT2D eigenvalue weighted by Gasteiger charge is -2.47. The number of ether oxygens (including phenoxy) is 3. The first-order chi connectivity index (χ1) is 15.1. The Morgan fingerprint density at radius 2 is 1.94 bits per heavy atom. The molecule has 9 heteroatoms. The van der Waals surface area contributed by atoms with Gasteiger partial charge in [-0.05, 0) is 12.1 Å². The second-order valence-electron chi connectivity index (χ2n) is 7.65. The van der Waals surface area contributed by atoms with E-state index in [4.69, 9.17) is 14.2 Å². The second-order valence-corrected chi connectivity index (χ2v) is 7.65. The maximum Gasteiger partial charge on any atom is 0.184 e. The number of aliphatic hydroxyl groups excluding tert-OH is 2. The number of halogens is 1. The third-order valence-corrected chi connectivity index (χ3v) is 5.66. The molecule has 6 atom stereocenters. The number of rotatable bonds is 4. The first-order valence-electron chi connectivity index (χ1n) is 10.1. The van der Waals surface area contributed by atoms with Crippen molar-refractivity contribution in [3.63, 3.8) is 0 Å². The van der Waals surface area contributed by atoms with Gasteiger partial charge in [-0.3, -0.25) is 0 Å². The van der Waals surface area contributed by atoms with Crippen molar-refractivity contribution in [2.75, 3.05) is 13.2 Å². The summed E-state index contributed by atoms with van der Waals surface area (Å²) in [6, 6.07) is 14.8. The highest BCUT2D eigenvalue weighted by Crippen LogP contribution is 2.39. The molecule has 2 N–H and O–H groups in total. The van der Waals surface area contributed by atoms with Crippen molar-refractivity contribution in [1.29, 1.82) is 0 Å². The smallest absolute Gasteiger partial charge is 0.184 e. The Bertz CT molecular complexity index is 1030. The normalized spacial score (nSPS) is 30.7. The zero-order valence-corrected chi connectivity index (χ0v) is 16.5. The number of nitrogens with zero attached hydrogens (tertiary/aromatic N) is 3. The van der Waals surface area contributed by atoms with Crippen LogP contribution in [0.2, 0.25) is 0 Å². The van der Waals surface area contributed by atoms with Crippen LogP contribution < -0.4 is 0 Å². The van der Waals surface area contributed by atoms with Gasteiger partial charge < -0.3 is 24.4 Å². The molecule has 2 fully saturated rings. The highest BCUT2D eigenvalue weighted by atomic mass is 19.1. The number of aliphatic hydroxyl groups is 2. The van der Waals surface area contributed by atoms with E-state index < -0.39 is 36.7 Å². The molecule has 0 amide bonds. The molecule has 2 aliphatic heterocycles. The van der Waals surface area contributed by atoms with Crippen LogP contribution in [0.4, 0.5) is 4.39 Å². The molecule has 2 saturated heterocycles. The molecule has 0 saturated carbocycles. The lowest BCUT2D eigenvalue weighted by atomic mass is 9.92. The molecule has 3 heterocycles. The minimum absolute atomic E-state index is 0.232. The van der Waals surface area contributed by atoms with E-state index in [1.54, 1.807) is 18.3 Å². The number of hydrogen-bond donors (Lipinski definition) is 2. The lowest BCUT2D eigenvalue weighted by Crippen LogP contribution is -2.60. The topological polar surface area (TPSA) is 98.9 Å². The number of benzene rings is 2. The second kappa shape index (κ2) is 8.45. The summed E-state index contributed by atoms with van der Waals surface area (Å²) in [5.41, 5.74) is 1.87. The van der Waals surface area contributed by atoms with E-state index in [2.05, 4.69) is 10.3 Å². The van der Waals surface area contributed by atoms with E-state index in [1.165, 1.54) is 16.8 Å². The maximum atomic E-state index is 13.6. The fourth-order valence-electron chi connectivity index (χ4n) is 4.13. The van der Waals surface area contributed by atoms with Gasteiger partial charge >= 0.3 is 0 Å². The van der Waals surface area contributed by atoms with Crippen LogP contribution >= 0.6 is 0 Å². The van der Waals surface area contributed by atoms with Gasteiger partial charge in [0.15, 0.2) is 6.29 Å². The van der Waals surface area contributed by atoms with E-state index in [1.807, 2.05) is 30.3 Å². The fourth-order valence-corrected chi connectivity index (χ4v) is 4.13. The molecule has 1 aromatic heterocycles. The van der Waals surface area contributed by atoms with Gasteiger partial charge in [-0.25, -0.2) is 9.07 Å². The van der Waals surface area contributed by atoms with Crippen LogP contribution in [0.1, 0.15) is 17.9 Å². The van der Waals surface area contributed by atoms with E-state index in [0.717, 1.165) is 5.56 Å². The molecule has 0 aliphatic carbocycles. The Hall–Kier alpha value is -2.69. The summed E-state index contributed by atoms with van der Waals surface area (Å²) >= 11 is 0. The van der Waals surface area contributed by atoms with Crippen LogP contribution in [0, 0.1) is 5.82 Å². The largest absolute Gasteiger partial charge is 0.394 e. The van der Waals surface area contributed by atoms with Crippen LogP contribution in [0.15, 0.2) is 60.8 Å². The van der Waals surface area contributed by atoms with Crippen LogP contribution in [0.3, 0.4) is 0 Å². The minimum Gasteiger partial charge on any atom is -0.394 e. The van der Waals surface area contributed by atoms with Gasteiger partial charge in [0.2, 0.25) is 0 Å². The molecule has 31 heavy (non-hydrogen) atoms. The van der Waals surface area contributed by atoms with Crippen molar-refractivity contribution in [3.8, 4) is 11.3 Å². The van der Waals surface area contributed by atoms with Crippen molar-refractivity contribution in [1.82, 2.24) is 15.0 Å². The van der Waals surface area contributed by atoms with Gasteiger partial charge in [-0.1, -0.05) is 47.7 Å². The molecule has 162 valence electrons. The average Bonchev–Trinajstić information content (AvgIpc) is 3.28. The highest BCUT2D eigenvalue weighted by molar-refractivity contribution is 5.57. The van der Waals surface area contributed by atoms with Crippen LogP contribution in [-0.4, -0.2) is 62.8 Å². The Balaban J connectivity index is 1.47. The molecule has 0 radical (unpaired) electrons. The SMILES string of the molecule is OC[C@@H]1O[C@@H]2COC(c3ccccc3)O[C@@H]2[C@H](n2cc(-c3cccc(F)c3)nn2)[C@H]1O. The van der Waals surface area contributed by atoms with Crippen molar-refractivity contribution >= 4 is 0 Å². The van der Waals surface area contributed by atoms with Crippen molar-refractivity contribution < 1.29 is 28.8 Å². The first kappa shape index (κ1) is 20.2. The van der Waals surface area contributed by atoms with Gasteiger partial charge in [0.25, 0.3) is 0 Å². The molecule has 1 unspecified atom stereocenters. The third-order valence-electron chi connectivity index (χ3n) is 5.66. The molecular formula is C22H22FN3O5. The van der Waals surface area contributed by atoms with E-state index in [0.29, 0.717) is 11.3 Å². The summed E-state index contributed by atoms with van der Waals surface area (Å²) in [6.07, 6.45) is -2.02. The quantitative estimate of drug-likeness (QED) is 0.656. The minimum atomic E-state index is -1.09. The summed E-state index contributed by atoms with van der Waals surface area (Å²) in [4.78, 5) is 0. The molecule has 2 aromatic carbocycles. The van der Waals surface area contributed by atoms with Gasteiger partial charge in [0.1, 0.15) is 42.0 Å². The van der Waals surface area contributed by atoms with Crippen LogP contribution in [-0.2, 0) is 14.2 Å². The number of aromatic nitrogens is 3. The van der Waals surface area contributed by atoms with Crippen molar-refractivity contribution in [2.24, 2.45) is 0 Å². The predicted molar refractivity (Wildman–Crippen MR) is 106 cm³/mol. The Labute approximate surface area is 177 Å². The van der Waals surface area contributed by atoms with E-state index in [-0.39, 0.29) is 19.0 Å². The molecular weight excluding hydrogens is 405 g/mol. The third kappa shape index (κ3) is 3.86. The predicted octanol–water partition coefficient (Wildman–Crippen LogP) is 1.86. The highest BCUT2D eigenvalue weighted by Gasteiger charge is 2.50. The zero-order chi connectivity index (χ0) is 21.4. The van der Waals surface area contributed by atoms with Gasteiger partial charge in [-0.2, -0.15) is 0 Å².